The molecular formula is C11H15NO. The fourth-order valence-corrected chi connectivity index (χ4v) is 1.24. The third kappa shape index (κ3) is 2.58. The minimum absolute atomic E-state index is 0.227. The Balaban J connectivity index is 2.67. The number of allylic oxidation sites excluding steroid dienone is 1. The molecule has 1 aromatic rings. The number of carbonyl (C=O) groups is 1. The van der Waals surface area contributed by atoms with Crippen molar-refractivity contribution in [3.8, 4) is 0 Å². The smallest absolute Gasteiger partial charge is 0.164 e. The zero-order valence-electron chi connectivity index (χ0n) is 7.99. The van der Waals surface area contributed by atoms with Crippen molar-refractivity contribution in [2.75, 3.05) is 0 Å². The number of nitrogens with zero attached hydrogens (tertiary/aromatic N) is 1. The summed E-state index contributed by atoms with van der Waals surface area (Å²) < 4.78 is 1.95. The average Bonchev–Trinajstić information content (AvgIpc) is 2.54. The van der Waals surface area contributed by atoms with Gasteiger partial charge in [-0.1, -0.05) is 13.0 Å². The lowest BCUT2D eigenvalue weighted by molar-refractivity contribution is 0.0981. The minimum atomic E-state index is 0.227. The highest BCUT2D eigenvalue weighted by Gasteiger charge is 2.04. The summed E-state index contributed by atoms with van der Waals surface area (Å²) in [5.41, 5.74) is 0.809. The van der Waals surface area contributed by atoms with Crippen molar-refractivity contribution < 1.29 is 4.79 Å². The molecule has 0 saturated carbocycles. The van der Waals surface area contributed by atoms with E-state index in [2.05, 4.69) is 6.58 Å². The molecule has 1 aromatic heterocycles. The second kappa shape index (κ2) is 4.65. The van der Waals surface area contributed by atoms with E-state index in [4.69, 9.17) is 0 Å². The standard InChI is InChI=1S/C11H15NO/c1-3-5-11(13)10-6-8-12(9-10)7-4-2/h4,6,8-9H,2-3,5,7H2,1H3. The van der Waals surface area contributed by atoms with E-state index in [0.29, 0.717) is 6.42 Å². The monoisotopic (exact) mass is 177 g/mol. The molecule has 0 atom stereocenters. The van der Waals surface area contributed by atoms with E-state index in [1.807, 2.05) is 36.0 Å². The van der Waals surface area contributed by atoms with Crippen LogP contribution in [-0.2, 0) is 6.54 Å². The minimum Gasteiger partial charge on any atom is -0.350 e. The van der Waals surface area contributed by atoms with Crippen molar-refractivity contribution in [2.24, 2.45) is 0 Å². The van der Waals surface area contributed by atoms with Gasteiger partial charge < -0.3 is 4.57 Å². The van der Waals surface area contributed by atoms with Crippen LogP contribution in [0.5, 0.6) is 0 Å². The summed E-state index contributed by atoms with van der Waals surface area (Å²) in [4.78, 5) is 11.4. The second-order valence-electron chi connectivity index (χ2n) is 3.06. The van der Waals surface area contributed by atoms with Gasteiger partial charge in [0.25, 0.3) is 0 Å². The Bertz CT molecular complexity index is 299. The maximum atomic E-state index is 11.4. The highest BCUT2D eigenvalue weighted by molar-refractivity contribution is 5.95. The Morgan fingerprint density at radius 1 is 1.69 bits per heavy atom. The zero-order chi connectivity index (χ0) is 9.68. The van der Waals surface area contributed by atoms with Crippen molar-refractivity contribution in [1.29, 1.82) is 0 Å². The summed E-state index contributed by atoms with van der Waals surface area (Å²) in [6, 6.07) is 1.86. The van der Waals surface area contributed by atoms with Crippen LogP contribution in [0, 0.1) is 0 Å². The van der Waals surface area contributed by atoms with Crippen LogP contribution < -0.4 is 0 Å². The van der Waals surface area contributed by atoms with Crippen LogP contribution in [-0.4, -0.2) is 10.4 Å². The fourth-order valence-electron chi connectivity index (χ4n) is 1.24. The van der Waals surface area contributed by atoms with E-state index in [-0.39, 0.29) is 5.78 Å². The van der Waals surface area contributed by atoms with Crippen molar-refractivity contribution in [3.05, 3.63) is 36.7 Å². The van der Waals surface area contributed by atoms with Gasteiger partial charge in [-0.15, -0.1) is 6.58 Å². The average molecular weight is 177 g/mol. The van der Waals surface area contributed by atoms with Crippen LogP contribution in [0.2, 0.25) is 0 Å². The molecular weight excluding hydrogens is 162 g/mol. The summed E-state index contributed by atoms with van der Waals surface area (Å²) in [6.45, 7) is 6.42. The summed E-state index contributed by atoms with van der Waals surface area (Å²) in [5.74, 6) is 0.227. The predicted octanol–water partition coefficient (Wildman–Crippen LogP) is 2.66. The van der Waals surface area contributed by atoms with Gasteiger partial charge in [0.1, 0.15) is 0 Å². The zero-order valence-corrected chi connectivity index (χ0v) is 7.99. The Labute approximate surface area is 78.9 Å². The van der Waals surface area contributed by atoms with E-state index in [1.165, 1.54) is 0 Å². The number of rotatable bonds is 5. The van der Waals surface area contributed by atoms with Gasteiger partial charge in [-0.2, -0.15) is 0 Å². The Hall–Kier alpha value is -1.31. The first-order valence-electron chi connectivity index (χ1n) is 4.57. The van der Waals surface area contributed by atoms with Gasteiger partial charge in [0, 0.05) is 30.9 Å². The molecule has 1 heterocycles. The van der Waals surface area contributed by atoms with Gasteiger partial charge in [-0.05, 0) is 12.5 Å². The maximum Gasteiger partial charge on any atom is 0.164 e. The van der Waals surface area contributed by atoms with Crippen LogP contribution in [0.15, 0.2) is 31.1 Å². The first-order valence-corrected chi connectivity index (χ1v) is 4.57. The van der Waals surface area contributed by atoms with Crippen molar-refractivity contribution in [1.82, 2.24) is 4.57 Å². The Morgan fingerprint density at radius 3 is 3.08 bits per heavy atom. The molecule has 0 radical (unpaired) electrons. The lowest BCUT2D eigenvalue weighted by Gasteiger charge is -1.95. The third-order valence-electron chi connectivity index (χ3n) is 1.89. The van der Waals surface area contributed by atoms with Gasteiger partial charge >= 0.3 is 0 Å². The van der Waals surface area contributed by atoms with E-state index in [1.54, 1.807) is 0 Å². The quantitative estimate of drug-likeness (QED) is 0.500. The normalized spacial score (nSPS) is 9.92. The number of Topliss-reactive ketones (excluding diaryl/α,β-unsaturated/α-hetero) is 1. The largest absolute Gasteiger partial charge is 0.350 e. The number of aromatic nitrogens is 1. The molecule has 0 aliphatic heterocycles. The molecule has 0 aliphatic carbocycles. The van der Waals surface area contributed by atoms with E-state index in [0.717, 1.165) is 18.5 Å². The lowest BCUT2D eigenvalue weighted by Crippen LogP contribution is -1.96. The molecule has 70 valence electrons. The molecule has 0 fully saturated rings. The number of carbonyl (C=O) groups excluding carboxylic acids is 1. The second-order valence-corrected chi connectivity index (χ2v) is 3.06. The summed E-state index contributed by atoms with van der Waals surface area (Å²) >= 11 is 0. The summed E-state index contributed by atoms with van der Waals surface area (Å²) in [7, 11) is 0. The molecule has 1 rings (SSSR count). The van der Waals surface area contributed by atoms with Gasteiger partial charge in [-0.3, -0.25) is 4.79 Å². The molecule has 0 amide bonds. The highest BCUT2D eigenvalue weighted by Crippen LogP contribution is 2.06. The van der Waals surface area contributed by atoms with Crippen LogP contribution >= 0.6 is 0 Å². The lowest BCUT2D eigenvalue weighted by atomic mass is 10.1. The fraction of sp³-hybridized carbons (Fsp3) is 0.364. The highest BCUT2D eigenvalue weighted by atomic mass is 16.1. The molecule has 13 heavy (non-hydrogen) atoms. The number of ketones is 1. The summed E-state index contributed by atoms with van der Waals surface area (Å²) in [6.07, 6.45) is 7.14. The van der Waals surface area contributed by atoms with Gasteiger partial charge in [0.2, 0.25) is 0 Å². The summed E-state index contributed by atoms with van der Waals surface area (Å²) in [5, 5.41) is 0. The molecule has 0 spiro atoms. The van der Waals surface area contributed by atoms with Crippen molar-refractivity contribution in [3.63, 3.8) is 0 Å². The first-order chi connectivity index (χ1) is 6.27. The predicted molar refractivity (Wildman–Crippen MR) is 53.9 cm³/mol. The third-order valence-corrected chi connectivity index (χ3v) is 1.89. The SMILES string of the molecule is C=CCn1ccc(C(=O)CCC)c1. The van der Waals surface area contributed by atoms with Crippen LogP contribution in [0.1, 0.15) is 30.1 Å². The number of hydrogen-bond donors (Lipinski definition) is 0. The van der Waals surface area contributed by atoms with Crippen molar-refractivity contribution >= 4 is 5.78 Å². The van der Waals surface area contributed by atoms with E-state index < -0.39 is 0 Å². The van der Waals surface area contributed by atoms with Gasteiger partial charge in [0.15, 0.2) is 5.78 Å². The molecule has 0 aromatic carbocycles. The first kappa shape index (κ1) is 9.78. The van der Waals surface area contributed by atoms with Gasteiger partial charge in [0.05, 0.1) is 0 Å². The maximum absolute atomic E-state index is 11.4. The molecule has 0 bridgehead atoms. The molecule has 0 aliphatic rings. The molecule has 2 nitrogen and oxygen atoms in total. The van der Waals surface area contributed by atoms with Crippen molar-refractivity contribution in [2.45, 2.75) is 26.3 Å². The Kier molecular flexibility index (Phi) is 3.50. The number of hydrogen-bond acceptors (Lipinski definition) is 1. The molecule has 0 N–H and O–H groups in total. The van der Waals surface area contributed by atoms with Crippen LogP contribution in [0.3, 0.4) is 0 Å². The van der Waals surface area contributed by atoms with E-state index >= 15 is 0 Å². The van der Waals surface area contributed by atoms with Crippen LogP contribution in [0.4, 0.5) is 0 Å². The van der Waals surface area contributed by atoms with Crippen LogP contribution in [0.25, 0.3) is 0 Å². The van der Waals surface area contributed by atoms with Gasteiger partial charge in [-0.25, -0.2) is 0 Å². The topological polar surface area (TPSA) is 22.0 Å². The molecule has 0 unspecified atom stereocenters. The Morgan fingerprint density at radius 2 is 2.46 bits per heavy atom. The van der Waals surface area contributed by atoms with E-state index in [9.17, 15) is 4.79 Å². The molecule has 2 heteroatoms. The molecule has 0 saturated heterocycles.